The number of carbonyl (C=O) groups excluding carboxylic acids is 1. The zero-order valence-electron chi connectivity index (χ0n) is 7.09. The van der Waals surface area contributed by atoms with E-state index in [4.69, 9.17) is 4.52 Å². The molecule has 0 aliphatic carbocycles. The molecule has 0 atom stereocenters. The molecule has 4 nitrogen and oxygen atoms in total. The summed E-state index contributed by atoms with van der Waals surface area (Å²) in [7, 11) is 0. The predicted octanol–water partition coefficient (Wildman–Crippen LogP) is -0.0261. The lowest BCUT2D eigenvalue weighted by atomic mass is 10.1. The summed E-state index contributed by atoms with van der Waals surface area (Å²) in [6.07, 6.45) is 0.451. The van der Waals surface area contributed by atoms with Crippen molar-refractivity contribution in [1.29, 1.82) is 0 Å². The molecule has 12 heavy (non-hydrogen) atoms. The van der Waals surface area contributed by atoms with Crippen LogP contribution in [0, 0.1) is 13.8 Å². The van der Waals surface area contributed by atoms with Gasteiger partial charge in [-0.2, -0.15) is 0 Å². The van der Waals surface area contributed by atoms with E-state index < -0.39 is 5.97 Å². The maximum absolute atomic E-state index is 10.2. The van der Waals surface area contributed by atoms with Gasteiger partial charge < -0.3 is 14.4 Å². The fourth-order valence-electron chi connectivity index (χ4n) is 1.09. The normalized spacial score (nSPS) is 10.2. The summed E-state index contributed by atoms with van der Waals surface area (Å²) in [6, 6.07) is 0. The molecule has 1 heterocycles. The smallest absolute Gasteiger partial charge is 0.137 e. The molecule has 0 saturated heterocycles. The first kappa shape index (κ1) is 8.77. The number of hydrogen-bond donors (Lipinski definition) is 0. The van der Waals surface area contributed by atoms with Crippen molar-refractivity contribution < 1.29 is 14.4 Å². The van der Waals surface area contributed by atoms with E-state index in [0.29, 0.717) is 12.2 Å². The number of carboxylic acids is 1. The van der Waals surface area contributed by atoms with Gasteiger partial charge in [-0.1, -0.05) is 5.16 Å². The van der Waals surface area contributed by atoms with E-state index in [9.17, 15) is 9.90 Å². The Labute approximate surface area is 70.2 Å². The van der Waals surface area contributed by atoms with Crippen LogP contribution in [0.5, 0.6) is 0 Å². The summed E-state index contributed by atoms with van der Waals surface area (Å²) < 4.78 is 4.86. The molecule has 0 spiro atoms. The van der Waals surface area contributed by atoms with Crippen LogP contribution in [-0.4, -0.2) is 11.1 Å². The highest BCUT2D eigenvalue weighted by atomic mass is 16.5. The van der Waals surface area contributed by atoms with Gasteiger partial charge in [0.05, 0.1) is 5.69 Å². The van der Waals surface area contributed by atoms with Crippen molar-refractivity contribution in [2.75, 3.05) is 0 Å². The fourth-order valence-corrected chi connectivity index (χ4v) is 1.09. The van der Waals surface area contributed by atoms with Crippen molar-refractivity contribution in [3.63, 3.8) is 0 Å². The Kier molecular flexibility index (Phi) is 2.47. The molecular weight excluding hydrogens is 158 g/mol. The molecule has 0 bridgehead atoms. The van der Waals surface area contributed by atoms with Gasteiger partial charge in [0.2, 0.25) is 0 Å². The Morgan fingerprint density at radius 3 is 2.67 bits per heavy atom. The minimum atomic E-state index is -1.05. The second-order valence-corrected chi connectivity index (χ2v) is 2.67. The molecule has 1 rings (SSSR count). The molecule has 4 heteroatoms. The fraction of sp³-hybridized carbons (Fsp3) is 0.500. The summed E-state index contributed by atoms with van der Waals surface area (Å²) in [5, 5.41) is 13.9. The number of carbonyl (C=O) groups is 1. The molecule has 1 aromatic heterocycles. The SMILES string of the molecule is Cc1noc(C)c1CCC(=O)[O-]. The van der Waals surface area contributed by atoms with Gasteiger partial charge in [-0.15, -0.1) is 0 Å². The molecule has 0 amide bonds. The molecule has 0 fully saturated rings. The van der Waals surface area contributed by atoms with Gasteiger partial charge >= 0.3 is 0 Å². The molecular formula is C8H10NO3-. The summed E-state index contributed by atoms with van der Waals surface area (Å²) in [6.45, 7) is 3.56. The minimum Gasteiger partial charge on any atom is -0.550 e. The van der Waals surface area contributed by atoms with Crippen molar-refractivity contribution in [3.05, 3.63) is 17.0 Å². The maximum atomic E-state index is 10.2. The van der Waals surface area contributed by atoms with Crippen LogP contribution in [0.3, 0.4) is 0 Å². The minimum absolute atomic E-state index is 0.0168. The lowest BCUT2D eigenvalue weighted by molar-refractivity contribution is -0.305. The number of nitrogens with zero attached hydrogens (tertiary/aromatic N) is 1. The van der Waals surface area contributed by atoms with Crippen LogP contribution in [0.25, 0.3) is 0 Å². The lowest BCUT2D eigenvalue weighted by Gasteiger charge is -2.00. The number of hydrogen-bond acceptors (Lipinski definition) is 4. The van der Waals surface area contributed by atoms with Crippen LogP contribution in [0.15, 0.2) is 4.52 Å². The Morgan fingerprint density at radius 1 is 1.58 bits per heavy atom. The molecule has 0 aliphatic rings. The molecule has 0 saturated carbocycles. The zero-order valence-corrected chi connectivity index (χ0v) is 7.09. The molecule has 1 aromatic rings. The van der Waals surface area contributed by atoms with Crippen LogP contribution < -0.4 is 5.11 Å². The second kappa shape index (κ2) is 3.38. The zero-order chi connectivity index (χ0) is 9.14. The lowest BCUT2D eigenvalue weighted by Crippen LogP contribution is -2.22. The molecule has 0 aromatic carbocycles. The number of carboxylic acid groups (broad SMARTS) is 1. The number of aromatic nitrogens is 1. The topological polar surface area (TPSA) is 66.2 Å². The summed E-state index contributed by atoms with van der Waals surface area (Å²) in [5.41, 5.74) is 1.63. The van der Waals surface area contributed by atoms with E-state index in [1.54, 1.807) is 13.8 Å². The monoisotopic (exact) mass is 168 g/mol. The summed E-state index contributed by atoms with van der Waals surface area (Å²) >= 11 is 0. The van der Waals surface area contributed by atoms with E-state index in [2.05, 4.69) is 5.16 Å². The van der Waals surface area contributed by atoms with Crippen molar-refractivity contribution in [1.82, 2.24) is 5.16 Å². The standard InChI is InChI=1S/C8H11NO3/c1-5-7(3-4-8(10)11)6(2)12-9-5/h3-4H2,1-2H3,(H,10,11)/p-1. The van der Waals surface area contributed by atoms with Gasteiger partial charge in [-0.3, -0.25) is 0 Å². The van der Waals surface area contributed by atoms with Gasteiger partial charge in [0.1, 0.15) is 5.76 Å². The van der Waals surface area contributed by atoms with Crippen LogP contribution in [0.1, 0.15) is 23.4 Å². The maximum Gasteiger partial charge on any atom is 0.137 e. The number of aryl methyl sites for hydroxylation is 2. The van der Waals surface area contributed by atoms with Gasteiger partial charge in [0.15, 0.2) is 0 Å². The van der Waals surface area contributed by atoms with Crippen LogP contribution in [-0.2, 0) is 11.2 Å². The van der Waals surface area contributed by atoms with Crippen LogP contribution in [0.2, 0.25) is 0 Å². The molecule has 0 unspecified atom stereocenters. The van der Waals surface area contributed by atoms with E-state index in [-0.39, 0.29) is 6.42 Å². The molecule has 0 N–H and O–H groups in total. The Hall–Kier alpha value is -1.32. The molecule has 66 valence electrons. The number of aliphatic carboxylic acids is 1. The van der Waals surface area contributed by atoms with Crippen LogP contribution in [0.4, 0.5) is 0 Å². The largest absolute Gasteiger partial charge is 0.550 e. The van der Waals surface area contributed by atoms with E-state index in [1.165, 1.54) is 0 Å². The average molecular weight is 168 g/mol. The first-order valence-corrected chi connectivity index (χ1v) is 3.73. The van der Waals surface area contributed by atoms with Gasteiger partial charge in [0.25, 0.3) is 0 Å². The quantitative estimate of drug-likeness (QED) is 0.635. The van der Waals surface area contributed by atoms with Crippen molar-refractivity contribution in [2.45, 2.75) is 26.7 Å². The molecule has 0 aliphatic heterocycles. The van der Waals surface area contributed by atoms with Crippen molar-refractivity contribution in [2.24, 2.45) is 0 Å². The Balaban J connectivity index is 2.68. The Morgan fingerprint density at radius 2 is 2.25 bits per heavy atom. The van der Waals surface area contributed by atoms with Crippen molar-refractivity contribution in [3.8, 4) is 0 Å². The van der Waals surface area contributed by atoms with Gasteiger partial charge in [-0.25, -0.2) is 0 Å². The highest BCUT2D eigenvalue weighted by Gasteiger charge is 2.07. The highest BCUT2D eigenvalue weighted by Crippen LogP contribution is 2.13. The third-order valence-electron chi connectivity index (χ3n) is 1.76. The number of rotatable bonds is 3. The summed E-state index contributed by atoms with van der Waals surface area (Å²) in [4.78, 5) is 10.2. The first-order chi connectivity index (χ1) is 5.61. The Bertz CT molecular complexity index is 271. The van der Waals surface area contributed by atoms with Gasteiger partial charge in [-0.05, 0) is 26.7 Å². The van der Waals surface area contributed by atoms with Crippen molar-refractivity contribution >= 4 is 5.97 Å². The van der Waals surface area contributed by atoms with E-state index in [0.717, 1.165) is 11.3 Å². The third-order valence-corrected chi connectivity index (χ3v) is 1.76. The third kappa shape index (κ3) is 1.84. The average Bonchev–Trinajstić information content (AvgIpc) is 2.28. The predicted molar refractivity (Wildman–Crippen MR) is 39.3 cm³/mol. The highest BCUT2D eigenvalue weighted by molar-refractivity contribution is 5.64. The first-order valence-electron chi connectivity index (χ1n) is 3.73. The van der Waals surface area contributed by atoms with Gasteiger partial charge in [0, 0.05) is 11.5 Å². The summed E-state index contributed by atoms with van der Waals surface area (Å²) in [5.74, 6) is -0.358. The van der Waals surface area contributed by atoms with E-state index >= 15 is 0 Å². The molecule has 0 radical (unpaired) electrons. The van der Waals surface area contributed by atoms with E-state index in [1.807, 2.05) is 0 Å². The van der Waals surface area contributed by atoms with Crippen LogP contribution >= 0.6 is 0 Å². The second-order valence-electron chi connectivity index (χ2n) is 2.67.